The number of nitriles is 3. The number of hydrogen-bond donors (Lipinski definition) is 8. The van der Waals surface area contributed by atoms with Crippen LogP contribution >= 0.6 is 0 Å². The van der Waals surface area contributed by atoms with Crippen molar-refractivity contribution in [1.82, 2.24) is 44.9 Å². The second-order valence-corrected chi connectivity index (χ2v) is 31.4. The standard InChI is InChI=1S/C31H36N6O2.2C29H32N6O2/c32-19-18-31(37-22-27(28(33)38)29(35-37)34-30(39)25-11-12-25)16-13-26(14-17-31)36(21-24-9-5-2-6-10-24)20-15-23-7-3-1-4-8-23;30-18-17-29(35-19-24(26(31)36)27(34-35)33-28(37)22-11-12-22)15-13-23(14-16-29)32-25(20-7-3-1-4-8-20)21-9-5-2-6-10-21;30-17-16-29(35-19-25(26(31)36)27(34-35)33-28(37)21-10-11-21)14-12-23(13-15-29)32-18-22-8-4-5-9-24(22)20-6-2-1-3-7-20/h1-10,22,25-26H,11-18,20-21H2,(H2,33,38)(H,34,35,39);1-10,19,22-23,25,32H,11-17H2,(H2,31,36)(H,33,34,37);1-9,19,21,23,32H,10-16,18H2,(H2,31,36)(H,33,34,37). The molecule has 0 radical (unpaired) electrons. The van der Waals surface area contributed by atoms with E-state index in [-0.39, 0.29) is 101 Å². The van der Waals surface area contributed by atoms with Gasteiger partial charge in [-0.3, -0.25) is 47.7 Å². The smallest absolute Gasteiger partial charge is 0.254 e. The van der Waals surface area contributed by atoms with Crippen molar-refractivity contribution >= 4 is 52.9 Å². The summed E-state index contributed by atoms with van der Waals surface area (Å²) < 4.78 is 5.15. The lowest BCUT2D eigenvalue weighted by molar-refractivity contribution is -0.118. The number of anilines is 3. The van der Waals surface area contributed by atoms with Crippen molar-refractivity contribution in [3.8, 4) is 29.3 Å². The number of nitrogens with zero attached hydrogens (tertiary/aromatic N) is 10. The van der Waals surface area contributed by atoms with E-state index in [4.69, 9.17) is 17.2 Å². The van der Waals surface area contributed by atoms with Gasteiger partial charge in [-0.25, -0.2) is 0 Å². The van der Waals surface area contributed by atoms with Gasteiger partial charge in [0.15, 0.2) is 17.5 Å². The summed E-state index contributed by atoms with van der Waals surface area (Å²) in [6.07, 6.45) is 21.3. The highest BCUT2D eigenvalue weighted by molar-refractivity contribution is 6.04. The van der Waals surface area contributed by atoms with Crippen molar-refractivity contribution in [2.24, 2.45) is 35.0 Å². The van der Waals surface area contributed by atoms with Gasteiger partial charge in [0.05, 0.1) is 60.1 Å². The summed E-state index contributed by atoms with van der Waals surface area (Å²) in [6.45, 7) is 2.57. The van der Waals surface area contributed by atoms with Crippen LogP contribution in [0.4, 0.5) is 17.5 Å². The van der Waals surface area contributed by atoms with Gasteiger partial charge in [-0.1, -0.05) is 176 Å². The monoisotopic (exact) mass is 1520 g/mol. The summed E-state index contributed by atoms with van der Waals surface area (Å²) in [7, 11) is 0. The van der Waals surface area contributed by atoms with Gasteiger partial charge in [0, 0.05) is 74.1 Å². The number of carbonyl (C=O) groups is 6. The number of carbonyl (C=O) groups excluding carboxylic acids is 6. The number of rotatable bonds is 29. The van der Waals surface area contributed by atoms with Crippen LogP contribution in [0.2, 0.25) is 0 Å². The molecule has 0 saturated heterocycles. The Morgan fingerprint density at radius 1 is 0.442 bits per heavy atom. The lowest BCUT2D eigenvalue weighted by atomic mass is 9.77. The second-order valence-electron chi connectivity index (χ2n) is 31.4. The zero-order chi connectivity index (χ0) is 78.9. The molecule has 11 N–H and O–H groups in total. The Labute approximate surface area is 659 Å². The lowest BCUT2D eigenvalue weighted by Gasteiger charge is -2.43. The molecule has 6 aliphatic rings. The van der Waals surface area contributed by atoms with E-state index in [1.54, 1.807) is 32.6 Å². The van der Waals surface area contributed by atoms with E-state index in [1.165, 1.54) is 38.9 Å². The third-order valence-electron chi connectivity index (χ3n) is 23.5. The fraction of sp³-hybridized carbons (Fsp3) is 0.393. The fourth-order valence-corrected chi connectivity index (χ4v) is 16.3. The summed E-state index contributed by atoms with van der Waals surface area (Å²) in [5.41, 5.74) is 24.4. The number of hydrogen-bond acceptors (Lipinski definition) is 15. The molecule has 3 aromatic heterocycles. The molecule has 3 heterocycles. The van der Waals surface area contributed by atoms with E-state index >= 15 is 0 Å². The first kappa shape index (κ1) is 79.2. The molecule has 6 aliphatic carbocycles. The first-order chi connectivity index (χ1) is 54.9. The first-order valence-electron chi connectivity index (χ1n) is 39.7. The maximum absolute atomic E-state index is 12.4. The second kappa shape index (κ2) is 36.5. The number of benzene rings is 6. The molecular weight excluding hydrogens is 1420 g/mol. The van der Waals surface area contributed by atoms with Crippen LogP contribution in [0.15, 0.2) is 195 Å². The molecule has 24 nitrogen and oxygen atoms in total. The quantitative estimate of drug-likeness (QED) is 0.0216. The van der Waals surface area contributed by atoms with Gasteiger partial charge in [-0.05, 0) is 161 Å². The summed E-state index contributed by atoms with van der Waals surface area (Å²) in [5, 5.41) is 58.8. The Balaban J connectivity index is 0.000000148. The van der Waals surface area contributed by atoms with E-state index in [2.05, 4.69) is 211 Å². The first-order valence-corrected chi connectivity index (χ1v) is 39.7. The number of primary amides is 3. The van der Waals surface area contributed by atoms with Gasteiger partial charge in [0.2, 0.25) is 17.7 Å². The summed E-state index contributed by atoms with van der Waals surface area (Å²) in [6, 6.07) is 68.7. The number of nitrogens with one attached hydrogen (secondary N) is 5. The molecule has 24 heteroatoms. The highest BCUT2D eigenvalue weighted by Gasteiger charge is 2.44. The van der Waals surface area contributed by atoms with E-state index in [1.807, 2.05) is 30.3 Å². The molecule has 6 saturated carbocycles. The predicted molar refractivity (Wildman–Crippen MR) is 431 cm³/mol. The van der Waals surface area contributed by atoms with Crippen molar-refractivity contribution in [3.63, 3.8) is 0 Å². The molecule has 0 unspecified atom stereocenters. The minimum atomic E-state index is -0.645. The van der Waals surface area contributed by atoms with Crippen molar-refractivity contribution in [3.05, 3.63) is 239 Å². The van der Waals surface area contributed by atoms with E-state index < -0.39 is 34.3 Å². The Morgan fingerprint density at radius 2 is 0.796 bits per heavy atom. The Morgan fingerprint density at radius 3 is 1.19 bits per heavy atom. The third-order valence-corrected chi connectivity index (χ3v) is 23.5. The Bertz CT molecular complexity index is 4850. The van der Waals surface area contributed by atoms with Crippen LogP contribution in [-0.4, -0.2) is 94.4 Å². The summed E-state index contributed by atoms with van der Waals surface area (Å²) in [4.78, 5) is 76.1. The highest BCUT2D eigenvalue weighted by atomic mass is 16.2. The molecule has 6 amide bonds. The summed E-state index contributed by atoms with van der Waals surface area (Å²) in [5.74, 6) is -1.80. The number of amides is 6. The topological polar surface area (TPSA) is 369 Å². The third kappa shape index (κ3) is 19.9. The van der Waals surface area contributed by atoms with Crippen LogP contribution in [0.1, 0.15) is 200 Å². The molecule has 0 aliphatic heterocycles. The Kier molecular flexibility index (Phi) is 25.6. The molecule has 0 spiro atoms. The van der Waals surface area contributed by atoms with E-state index in [0.717, 1.165) is 129 Å². The van der Waals surface area contributed by atoms with Crippen LogP contribution in [0.3, 0.4) is 0 Å². The van der Waals surface area contributed by atoms with Gasteiger partial charge < -0.3 is 43.8 Å². The molecule has 6 fully saturated rings. The summed E-state index contributed by atoms with van der Waals surface area (Å²) >= 11 is 0. The highest BCUT2D eigenvalue weighted by Crippen LogP contribution is 2.44. The van der Waals surface area contributed by atoms with Gasteiger partial charge >= 0.3 is 0 Å². The number of aromatic nitrogens is 6. The van der Waals surface area contributed by atoms with Crippen LogP contribution < -0.4 is 43.8 Å². The molecule has 0 bridgehead atoms. The molecule has 582 valence electrons. The van der Waals surface area contributed by atoms with Crippen LogP contribution in [0, 0.1) is 51.7 Å². The number of nitrogens with two attached hydrogens (primary N) is 3. The van der Waals surface area contributed by atoms with E-state index in [0.29, 0.717) is 24.9 Å². The minimum absolute atomic E-state index is 0.0209. The van der Waals surface area contributed by atoms with Crippen LogP contribution in [-0.2, 0) is 50.5 Å². The molecule has 9 aromatic rings. The van der Waals surface area contributed by atoms with Gasteiger partial charge in [0.1, 0.15) is 16.7 Å². The van der Waals surface area contributed by atoms with Crippen LogP contribution in [0.5, 0.6) is 0 Å². The average molecular weight is 1520 g/mol. The molecule has 15 rings (SSSR count). The zero-order valence-corrected chi connectivity index (χ0v) is 63.8. The maximum Gasteiger partial charge on any atom is 0.254 e. The van der Waals surface area contributed by atoms with Crippen molar-refractivity contribution in [2.75, 3.05) is 22.5 Å². The fourth-order valence-electron chi connectivity index (χ4n) is 16.3. The largest absolute Gasteiger partial charge is 0.365 e. The normalized spacial score (nSPS) is 21.1. The predicted octanol–water partition coefficient (Wildman–Crippen LogP) is 13.2. The average Bonchev–Trinajstić information content (AvgIpc) is 1.68. The Hall–Kier alpha value is -11.9. The molecule has 6 aromatic carbocycles. The zero-order valence-electron chi connectivity index (χ0n) is 63.8. The SMILES string of the molecule is N#CCC1(n2cc(C(N)=O)c(NC(=O)C3CC3)n2)CCC(N(CCc2ccccc2)Cc2ccccc2)CC1.N#CCC1(n2cc(C(N)=O)c(NC(=O)C3CC3)n2)CCC(NC(c2ccccc2)c2ccccc2)CC1.N#CCC1(n2cc(C(N)=O)c(NC(=O)C3CC3)n2)CCC(NCc2ccccc2-c2ccccc2)CC1. The van der Waals surface area contributed by atoms with Crippen molar-refractivity contribution < 1.29 is 28.8 Å². The minimum Gasteiger partial charge on any atom is -0.365 e. The maximum atomic E-state index is 12.4. The lowest BCUT2D eigenvalue weighted by Crippen LogP contribution is -2.45. The van der Waals surface area contributed by atoms with E-state index in [9.17, 15) is 44.6 Å². The molecular formula is C89H100N18O6. The van der Waals surface area contributed by atoms with Crippen molar-refractivity contribution in [2.45, 2.75) is 195 Å². The van der Waals surface area contributed by atoms with Crippen molar-refractivity contribution in [1.29, 1.82) is 15.8 Å². The molecule has 113 heavy (non-hydrogen) atoms. The van der Waals surface area contributed by atoms with Gasteiger partial charge in [-0.15, -0.1) is 0 Å². The molecule has 0 atom stereocenters. The van der Waals surface area contributed by atoms with Gasteiger partial charge in [0.25, 0.3) is 17.7 Å². The van der Waals surface area contributed by atoms with Crippen LogP contribution in [0.25, 0.3) is 11.1 Å². The van der Waals surface area contributed by atoms with Gasteiger partial charge in [-0.2, -0.15) is 31.1 Å².